The lowest BCUT2D eigenvalue weighted by Gasteiger charge is -2.38. The monoisotopic (exact) mass is 310 g/mol. The van der Waals surface area contributed by atoms with Crippen molar-refractivity contribution in [1.82, 2.24) is 0 Å². The fourth-order valence-corrected chi connectivity index (χ4v) is 7.21. The highest BCUT2D eigenvalue weighted by Gasteiger charge is 2.84. The molecule has 1 saturated heterocycles. The zero-order valence-corrected chi connectivity index (χ0v) is 13.4. The van der Waals surface area contributed by atoms with Crippen LogP contribution in [0.15, 0.2) is 0 Å². The second-order valence-electron chi connectivity index (χ2n) is 7.28. The maximum atomic E-state index is 12.4. The quantitative estimate of drug-likeness (QED) is 0.746. The average Bonchev–Trinajstić information content (AvgIpc) is 2.89. The molecular weight excluding hydrogens is 288 g/mol. The summed E-state index contributed by atoms with van der Waals surface area (Å²) in [6.07, 6.45) is 5.34. The molecule has 4 rings (SSSR count). The number of esters is 2. The van der Waals surface area contributed by atoms with Crippen molar-refractivity contribution in [3.8, 4) is 0 Å². The standard InChI is InChI=1S/C16H22O4S/c1-9-7-15-5-3-10-16(15,8-15)12(14(18)20-10)13(9)21-6-4-11(17)19-2/h9-10,12-13H,3-8H2,1-2H3. The molecular formula is C16H22O4S. The van der Waals surface area contributed by atoms with E-state index in [0.29, 0.717) is 23.0 Å². The normalized spacial score (nSPS) is 49.3. The zero-order chi connectivity index (χ0) is 14.8. The molecule has 5 heteroatoms. The van der Waals surface area contributed by atoms with E-state index in [2.05, 4.69) is 6.92 Å². The predicted molar refractivity (Wildman–Crippen MR) is 78.7 cm³/mol. The van der Waals surface area contributed by atoms with Gasteiger partial charge in [-0.2, -0.15) is 11.8 Å². The molecule has 0 aromatic carbocycles. The molecule has 0 bridgehead atoms. The summed E-state index contributed by atoms with van der Waals surface area (Å²) in [6.45, 7) is 2.27. The number of ether oxygens (including phenoxy) is 2. The van der Waals surface area contributed by atoms with Crippen LogP contribution in [0.4, 0.5) is 0 Å². The number of rotatable bonds is 4. The van der Waals surface area contributed by atoms with Crippen LogP contribution >= 0.6 is 11.8 Å². The Hall–Kier alpha value is -0.710. The van der Waals surface area contributed by atoms with Crippen molar-refractivity contribution in [1.29, 1.82) is 0 Å². The van der Waals surface area contributed by atoms with E-state index in [4.69, 9.17) is 9.47 Å². The molecule has 1 spiro atoms. The first-order valence-electron chi connectivity index (χ1n) is 7.93. The minimum atomic E-state index is -0.169. The number of hydrogen-bond donors (Lipinski definition) is 0. The van der Waals surface area contributed by atoms with Crippen molar-refractivity contribution in [2.24, 2.45) is 22.7 Å². The molecule has 3 saturated carbocycles. The van der Waals surface area contributed by atoms with Crippen LogP contribution in [0, 0.1) is 22.7 Å². The molecule has 0 aromatic heterocycles. The number of thioether (sulfide) groups is 1. The van der Waals surface area contributed by atoms with Crippen LogP contribution in [0.25, 0.3) is 0 Å². The maximum Gasteiger partial charge on any atom is 0.311 e. The highest BCUT2D eigenvalue weighted by molar-refractivity contribution is 8.00. The second kappa shape index (κ2) is 4.40. The van der Waals surface area contributed by atoms with E-state index in [1.165, 1.54) is 26.4 Å². The maximum absolute atomic E-state index is 12.4. The molecule has 4 fully saturated rings. The Bertz CT molecular complexity index is 507. The van der Waals surface area contributed by atoms with Gasteiger partial charge in [0.2, 0.25) is 0 Å². The Labute approximate surface area is 129 Å². The van der Waals surface area contributed by atoms with Crippen molar-refractivity contribution < 1.29 is 19.1 Å². The Balaban J connectivity index is 1.52. The van der Waals surface area contributed by atoms with Gasteiger partial charge in [-0.15, -0.1) is 0 Å². The average molecular weight is 310 g/mol. The van der Waals surface area contributed by atoms with E-state index in [0.717, 1.165) is 12.2 Å². The van der Waals surface area contributed by atoms with Crippen LogP contribution in [0.2, 0.25) is 0 Å². The Morgan fingerprint density at radius 1 is 1.52 bits per heavy atom. The van der Waals surface area contributed by atoms with E-state index < -0.39 is 0 Å². The van der Waals surface area contributed by atoms with Crippen molar-refractivity contribution in [3.63, 3.8) is 0 Å². The summed E-state index contributed by atoms with van der Waals surface area (Å²) in [4.78, 5) is 23.7. The Morgan fingerprint density at radius 2 is 2.33 bits per heavy atom. The van der Waals surface area contributed by atoms with Crippen molar-refractivity contribution in [2.75, 3.05) is 12.9 Å². The summed E-state index contributed by atoms with van der Waals surface area (Å²) in [5.41, 5.74) is 0.576. The molecule has 1 aliphatic heterocycles. The van der Waals surface area contributed by atoms with Crippen molar-refractivity contribution in [3.05, 3.63) is 0 Å². The number of methoxy groups -OCH3 is 1. The molecule has 4 nitrogen and oxygen atoms in total. The molecule has 6 atom stereocenters. The Morgan fingerprint density at radius 3 is 3.10 bits per heavy atom. The summed E-state index contributed by atoms with van der Waals surface area (Å²) in [6, 6.07) is 0. The third kappa shape index (κ3) is 1.64. The summed E-state index contributed by atoms with van der Waals surface area (Å²) in [7, 11) is 1.42. The van der Waals surface area contributed by atoms with Gasteiger partial charge in [-0.3, -0.25) is 9.59 Å². The van der Waals surface area contributed by atoms with Gasteiger partial charge in [0.25, 0.3) is 0 Å². The minimum absolute atomic E-state index is 0.0312. The SMILES string of the molecule is COC(=O)CCSC1C(C)CC23CCC4OC(=O)C1C42C3. The second-order valence-corrected chi connectivity index (χ2v) is 8.57. The highest BCUT2D eigenvalue weighted by atomic mass is 32.2. The van der Waals surface area contributed by atoms with Gasteiger partial charge >= 0.3 is 11.9 Å². The van der Waals surface area contributed by atoms with Crippen LogP contribution in [0.1, 0.15) is 39.0 Å². The predicted octanol–water partition coefficient (Wildman–Crippen LogP) is 2.40. The van der Waals surface area contributed by atoms with Gasteiger partial charge in [0.1, 0.15) is 6.10 Å². The molecule has 0 radical (unpaired) electrons. The van der Waals surface area contributed by atoms with Gasteiger partial charge in [0.05, 0.1) is 19.4 Å². The molecule has 116 valence electrons. The number of carbonyl (C=O) groups is 2. The molecule has 0 aromatic rings. The lowest BCUT2D eigenvalue weighted by atomic mass is 9.70. The summed E-state index contributed by atoms with van der Waals surface area (Å²) >= 11 is 1.78. The van der Waals surface area contributed by atoms with Gasteiger partial charge in [-0.05, 0) is 37.0 Å². The molecule has 4 aliphatic rings. The van der Waals surface area contributed by atoms with Crippen LogP contribution in [-0.2, 0) is 19.1 Å². The first kappa shape index (κ1) is 13.9. The molecule has 21 heavy (non-hydrogen) atoms. The van der Waals surface area contributed by atoms with Crippen LogP contribution < -0.4 is 0 Å². The number of carbonyl (C=O) groups excluding carboxylic acids is 2. The van der Waals surface area contributed by atoms with Gasteiger partial charge < -0.3 is 9.47 Å². The zero-order valence-electron chi connectivity index (χ0n) is 12.6. The van der Waals surface area contributed by atoms with Crippen LogP contribution in [-0.4, -0.2) is 36.2 Å². The van der Waals surface area contributed by atoms with Crippen molar-refractivity contribution in [2.45, 2.75) is 50.4 Å². The van der Waals surface area contributed by atoms with E-state index in [1.807, 2.05) is 0 Å². The first-order valence-corrected chi connectivity index (χ1v) is 8.98. The first-order chi connectivity index (χ1) is 10.0. The summed E-state index contributed by atoms with van der Waals surface area (Å²) in [5, 5.41) is 0.306. The number of hydrogen-bond acceptors (Lipinski definition) is 5. The van der Waals surface area contributed by atoms with Gasteiger partial charge in [-0.25, -0.2) is 0 Å². The van der Waals surface area contributed by atoms with E-state index in [9.17, 15) is 9.59 Å². The van der Waals surface area contributed by atoms with E-state index in [1.54, 1.807) is 11.8 Å². The van der Waals surface area contributed by atoms with Crippen LogP contribution in [0.3, 0.4) is 0 Å². The van der Waals surface area contributed by atoms with Crippen molar-refractivity contribution >= 4 is 23.7 Å². The lowest BCUT2D eigenvalue weighted by Crippen LogP contribution is -2.41. The molecule has 6 unspecified atom stereocenters. The van der Waals surface area contributed by atoms with Gasteiger partial charge in [0.15, 0.2) is 0 Å². The van der Waals surface area contributed by atoms with E-state index >= 15 is 0 Å². The van der Waals surface area contributed by atoms with Crippen LogP contribution in [0.5, 0.6) is 0 Å². The summed E-state index contributed by atoms with van der Waals surface area (Å²) < 4.78 is 10.4. The molecule has 1 heterocycles. The third-order valence-corrected chi connectivity index (χ3v) is 8.03. The van der Waals surface area contributed by atoms with E-state index in [-0.39, 0.29) is 29.4 Å². The molecule has 3 aliphatic carbocycles. The molecule has 0 N–H and O–H groups in total. The minimum Gasteiger partial charge on any atom is -0.469 e. The lowest BCUT2D eigenvalue weighted by molar-refractivity contribution is -0.145. The smallest absolute Gasteiger partial charge is 0.311 e. The fraction of sp³-hybridized carbons (Fsp3) is 0.875. The molecule has 0 amide bonds. The van der Waals surface area contributed by atoms with Gasteiger partial charge in [-0.1, -0.05) is 6.92 Å². The Kier molecular flexibility index (Phi) is 2.92. The topological polar surface area (TPSA) is 52.6 Å². The van der Waals surface area contributed by atoms with Gasteiger partial charge in [0, 0.05) is 16.4 Å². The fourth-order valence-electron chi connectivity index (χ4n) is 5.68. The third-order valence-electron chi connectivity index (χ3n) is 6.47. The summed E-state index contributed by atoms with van der Waals surface area (Å²) in [5.74, 6) is 1.19. The largest absolute Gasteiger partial charge is 0.469 e. The highest BCUT2D eigenvalue weighted by Crippen LogP contribution is 2.84.